The lowest BCUT2D eigenvalue weighted by Gasteiger charge is -2.24. The molecule has 0 atom stereocenters. The number of hydrogen-bond donors (Lipinski definition) is 1. The molecule has 1 aliphatic heterocycles. The predicted octanol–water partition coefficient (Wildman–Crippen LogP) is 2.90. The summed E-state index contributed by atoms with van der Waals surface area (Å²) in [6.45, 7) is 0.633. The molecule has 7 heteroatoms. The SMILES string of the molecule is COc1ccc(NS(=O)(=O)C2CCCCC2)cc1N1CCCC1=O. The Morgan fingerprint density at radius 3 is 2.54 bits per heavy atom. The van der Waals surface area contributed by atoms with Crippen LogP contribution >= 0.6 is 0 Å². The van der Waals surface area contributed by atoms with Crippen molar-refractivity contribution >= 4 is 27.3 Å². The first-order valence-corrected chi connectivity index (χ1v) is 10.1. The second-order valence-electron chi connectivity index (χ2n) is 6.44. The number of carbonyl (C=O) groups is 1. The van der Waals surface area contributed by atoms with E-state index in [-0.39, 0.29) is 11.2 Å². The minimum absolute atomic E-state index is 0.0422. The van der Waals surface area contributed by atoms with Gasteiger partial charge in [-0.25, -0.2) is 8.42 Å². The van der Waals surface area contributed by atoms with E-state index in [4.69, 9.17) is 4.74 Å². The zero-order valence-corrected chi connectivity index (χ0v) is 14.8. The van der Waals surface area contributed by atoms with Gasteiger partial charge in [0.2, 0.25) is 15.9 Å². The molecule has 1 heterocycles. The normalized spacial score (nSPS) is 19.5. The van der Waals surface area contributed by atoms with Gasteiger partial charge in [0.1, 0.15) is 5.75 Å². The Kier molecular flexibility index (Phi) is 4.99. The summed E-state index contributed by atoms with van der Waals surface area (Å²) in [5, 5.41) is -0.328. The fraction of sp³-hybridized carbons (Fsp3) is 0.588. The van der Waals surface area contributed by atoms with Crippen LogP contribution in [0.25, 0.3) is 0 Å². The van der Waals surface area contributed by atoms with Gasteiger partial charge in [-0.2, -0.15) is 0 Å². The summed E-state index contributed by atoms with van der Waals surface area (Å²) in [6.07, 6.45) is 5.77. The number of benzene rings is 1. The van der Waals surface area contributed by atoms with Gasteiger partial charge in [-0.05, 0) is 37.5 Å². The second-order valence-corrected chi connectivity index (χ2v) is 8.40. The topological polar surface area (TPSA) is 75.7 Å². The summed E-state index contributed by atoms with van der Waals surface area (Å²) >= 11 is 0. The second kappa shape index (κ2) is 7.01. The summed E-state index contributed by atoms with van der Waals surface area (Å²) < 4.78 is 33.2. The lowest BCUT2D eigenvalue weighted by atomic mass is 10.0. The van der Waals surface area contributed by atoms with Crippen LogP contribution in [-0.4, -0.2) is 33.2 Å². The van der Waals surface area contributed by atoms with Crippen molar-refractivity contribution in [3.05, 3.63) is 18.2 Å². The molecule has 1 N–H and O–H groups in total. The first kappa shape index (κ1) is 17.1. The largest absolute Gasteiger partial charge is 0.495 e. The van der Waals surface area contributed by atoms with Crippen LogP contribution in [0, 0.1) is 0 Å². The first-order chi connectivity index (χ1) is 11.5. The molecular formula is C17H24N2O4S. The standard InChI is InChI=1S/C17H24N2O4S/c1-23-16-10-9-13(12-15(16)19-11-5-8-17(19)20)18-24(21,22)14-6-3-2-4-7-14/h9-10,12,14,18H,2-8,11H2,1H3. The van der Waals surface area contributed by atoms with Gasteiger partial charge in [0.15, 0.2) is 0 Å². The maximum absolute atomic E-state index is 12.6. The van der Waals surface area contributed by atoms with Crippen molar-refractivity contribution in [3.8, 4) is 5.75 Å². The third kappa shape index (κ3) is 3.50. The number of nitrogens with zero attached hydrogens (tertiary/aromatic N) is 1. The van der Waals surface area contributed by atoms with Crippen LogP contribution in [0.3, 0.4) is 0 Å². The van der Waals surface area contributed by atoms with E-state index in [1.54, 1.807) is 30.2 Å². The Morgan fingerprint density at radius 1 is 1.17 bits per heavy atom. The Balaban J connectivity index is 1.84. The van der Waals surface area contributed by atoms with Crippen molar-refractivity contribution in [1.82, 2.24) is 0 Å². The maximum atomic E-state index is 12.6. The number of nitrogens with one attached hydrogen (secondary N) is 1. The van der Waals surface area contributed by atoms with Gasteiger partial charge in [0.05, 0.1) is 23.7 Å². The molecule has 24 heavy (non-hydrogen) atoms. The molecule has 2 fully saturated rings. The minimum atomic E-state index is -3.40. The van der Waals surface area contributed by atoms with Crippen LogP contribution in [0.1, 0.15) is 44.9 Å². The number of rotatable bonds is 5. The van der Waals surface area contributed by atoms with Crippen LogP contribution in [0.15, 0.2) is 18.2 Å². The Hall–Kier alpha value is -1.76. The van der Waals surface area contributed by atoms with Crippen LogP contribution in [-0.2, 0) is 14.8 Å². The van der Waals surface area contributed by atoms with E-state index < -0.39 is 10.0 Å². The van der Waals surface area contributed by atoms with Crippen LogP contribution in [0.2, 0.25) is 0 Å². The Morgan fingerprint density at radius 2 is 1.92 bits per heavy atom. The molecular weight excluding hydrogens is 328 g/mol. The molecule has 3 rings (SSSR count). The van der Waals surface area contributed by atoms with E-state index in [1.165, 1.54) is 0 Å². The molecule has 0 bridgehead atoms. The van der Waals surface area contributed by atoms with E-state index in [0.29, 0.717) is 42.9 Å². The number of anilines is 2. The molecule has 0 spiro atoms. The Labute approximate surface area is 143 Å². The zero-order chi connectivity index (χ0) is 17.2. The monoisotopic (exact) mass is 352 g/mol. The average molecular weight is 352 g/mol. The third-order valence-electron chi connectivity index (χ3n) is 4.79. The summed E-state index contributed by atoms with van der Waals surface area (Å²) in [5.41, 5.74) is 1.11. The minimum Gasteiger partial charge on any atom is -0.495 e. The molecule has 132 valence electrons. The van der Waals surface area contributed by atoms with E-state index in [9.17, 15) is 13.2 Å². The highest BCUT2D eigenvalue weighted by molar-refractivity contribution is 7.93. The maximum Gasteiger partial charge on any atom is 0.235 e. The van der Waals surface area contributed by atoms with Crippen LogP contribution in [0.4, 0.5) is 11.4 Å². The smallest absolute Gasteiger partial charge is 0.235 e. The molecule has 1 amide bonds. The molecule has 1 saturated carbocycles. The molecule has 2 aliphatic rings. The van der Waals surface area contributed by atoms with Crippen molar-refractivity contribution in [2.45, 2.75) is 50.2 Å². The summed E-state index contributed by atoms with van der Waals surface area (Å²) in [6, 6.07) is 5.09. The highest BCUT2D eigenvalue weighted by atomic mass is 32.2. The molecule has 1 aromatic carbocycles. The predicted molar refractivity (Wildman–Crippen MR) is 94.0 cm³/mol. The van der Waals surface area contributed by atoms with Crippen molar-refractivity contribution < 1.29 is 17.9 Å². The highest BCUT2D eigenvalue weighted by Crippen LogP contribution is 2.35. The first-order valence-electron chi connectivity index (χ1n) is 8.51. The molecule has 0 aromatic heterocycles. The number of methoxy groups -OCH3 is 1. The van der Waals surface area contributed by atoms with Crippen LogP contribution < -0.4 is 14.4 Å². The number of sulfonamides is 1. The molecule has 1 aliphatic carbocycles. The van der Waals surface area contributed by atoms with Gasteiger partial charge >= 0.3 is 0 Å². The van der Waals surface area contributed by atoms with Gasteiger partial charge in [0.25, 0.3) is 0 Å². The highest BCUT2D eigenvalue weighted by Gasteiger charge is 2.28. The van der Waals surface area contributed by atoms with E-state index in [1.807, 2.05) is 0 Å². The molecule has 1 aromatic rings. The fourth-order valence-corrected chi connectivity index (χ4v) is 5.07. The molecule has 1 saturated heterocycles. The fourth-order valence-electron chi connectivity index (χ4n) is 3.49. The van der Waals surface area contributed by atoms with Crippen molar-refractivity contribution in [2.24, 2.45) is 0 Å². The molecule has 0 unspecified atom stereocenters. The van der Waals surface area contributed by atoms with Crippen molar-refractivity contribution in [1.29, 1.82) is 0 Å². The van der Waals surface area contributed by atoms with Crippen LogP contribution in [0.5, 0.6) is 5.75 Å². The number of carbonyl (C=O) groups excluding carboxylic acids is 1. The number of amides is 1. The zero-order valence-electron chi connectivity index (χ0n) is 14.0. The summed E-state index contributed by atoms with van der Waals surface area (Å²) in [5.74, 6) is 0.617. The van der Waals surface area contributed by atoms with Gasteiger partial charge in [0, 0.05) is 13.0 Å². The van der Waals surface area contributed by atoms with Crippen molar-refractivity contribution in [2.75, 3.05) is 23.3 Å². The lowest BCUT2D eigenvalue weighted by molar-refractivity contribution is -0.117. The number of hydrogen-bond acceptors (Lipinski definition) is 4. The van der Waals surface area contributed by atoms with E-state index in [0.717, 1.165) is 25.7 Å². The molecule has 6 nitrogen and oxygen atoms in total. The van der Waals surface area contributed by atoms with Gasteiger partial charge in [-0.3, -0.25) is 9.52 Å². The molecule has 0 radical (unpaired) electrons. The summed E-state index contributed by atoms with van der Waals surface area (Å²) in [7, 11) is -1.86. The quantitative estimate of drug-likeness (QED) is 0.884. The third-order valence-corrected chi connectivity index (χ3v) is 6.66. The van der Waals surface area contributed by atoms with Gasteiger partial charge in [-0.1, -0.05) is 19.3 Å². The van der Waals surface area contributed by atoms with Gasteiger partial charge < -0.3 is 9.64 Å². The van der Waals surface area contributed by atoms with E-state index in [2.05, 4.69) is 4.72 Å². The number of ether oxygens (including phenoxy) is 1. The Bertz CT molecular complexity index is 711. The van der Waals surface area contributed by atoms with Gasteiger partial charge in [-0.15, -0.1) is 0 Å². The summed E-state index contributed by atoms with van der Waals surface area (Å²) in [4.78, 5) is 13.7. The van der Waals surface area contributed by atoms with E-state index >= 15 is 0 Å². The lowest BCUT2D eigenvalue weighted by Crippen LogP contribution is -2.30. The van der Waals surface area contributed by atoms with Crippen molar-refractivity contribution in [3.63, 3.8) is 0 Å². The average Bonchev–Trinajstić information content (AvgIpc) is 3.01.